The second-order valence-corrected chi connectivity index (χ2v) is 9.84. The zero-order valence-corrected chi connectivity index (χ0v) is 19.9. The van der Waals surface area contributed by atoms with E-state index in [1.807, 2.05) is 32.0 Å². The number of amidine groups is 1. The number of carbonyl (C=O) groups is 2. The van der Waals surface area contributed by atoms with E-state index in [2.05, 4.69) is 0 Å². The Balaban J connectivity index is 1.63. The van der Waals surface area contributed by atoms with E-state index < -0.39 is 6.10 Å². The largest absolute Gasteiger partial charge is 0.491 e. The van der Waals surface area contributed by atoms with Gasteiger partial charge in [-0.2, -0.15) is 0 Å². The lowest BCUT2D eigenvalue weighted by atomic mass is 9.95. The standard InChI is InChI=1S/C23H32N4O4S/c1-13(2)31-19-9-16(7-8-18(19)14(3)28)17-10-20(29)27(11-17)12-21(30)26(4)23(25)32-22(24)15-5-6-15/h7-9,13-15,17,24-25,28H,5-6,10-12H2,1-4H3/t14?,17-/m1/s1. The predicted octanol–water partition coefficient (Wildman–Crippen LogP) is 3.36. The summed E-state index contributed by atoms with van der Waals surface area (Å²) in [6.07, 6.45) is 1.53. The lowest BCUT2D eigenvalue weighted by molar-refractivity contribution is -0.135. The Morgan fingerprint density at radius 1 is 1.31 bits per heavy atom. The summed E-state index contributed by atoms with van der Waals surface area (Å²) in [6.45, 7) is 5.85. The Morgan fingerprint density at radius 2 is 2.00 bits per heavy atom. The number of nitrogens with one attached hydrogen (secondary N) is 2. The van der Waals surface area contributed by atoms with Crippen LogP contribution in [0.1, 0.15) is 63.2 Å². The number of aliphatic hydroxyl groups excluding tert-OH is 1. The van der Waals surface area contributed by atoms with Crippen molar-refractivity contribution in [2.75, 3.05) is 20.1 Å². The first-order chi connectivity index (χ1) is 15.1. The Labute approximate surface area is 193 Å². The maximum absolute atomic E-state index is 12.7. The molecule has 3 rings (SSSR count). The van der Waals surface area contributed by atoms with Crippen LogP contribution in [0.5, 0.6) is 5.75 Å². The lowest BCUT2D eigenvalue weighted by Crippen LogP contribution is -2.41. The van der Waals surface area contributed by atoms with Gasteiger partial charge < -0.3 is 14.7 Å². The quantitative estimate of drug-likeness (QED) is 0.426. The molecular formula is C23H32N4O4S. The molecule has 2 fully saturated rings. The third-order valence-electron chi connectivity index (χ3n) is 5.70. The molecule has 2 aliphatic rings. The first-order valence-electron chi connectivity index (χ1n) is 10.9. The predicted molar refractivity (Wildman–Crippen MR) is 125 cm³/mol. The number of nitrogens with zero attached hydrogens (tertiary/aromatic N) is 2. The Kier molecular flexibility index (Phi) is 7.61. The molecule has 0 bridgehead atoms. The van der Waals surface area contributed by atoms with E-state index >= 15 is 0 Å². The number of hydrogen-bond donors (Lipinski definition) is 3. The van der Waals surface area contributed by atoms with Crippen molar-refractivity contribution in [1.29, 1.82) is 10.8 Å². The van der Waals surface area contributed by atoms with Crippen LogP contribution in [0, 0.1) is 16.7 Å². The molecule has 9 heteroatoms. The number of benzene rings is 1. The van der Waals surface area contributed by atoms with E-state index in [-0.39, 0.29) is 41.5 Å². The number of thioether (sulfide) groups is 1. The molecule has 0 radical (unpaired) electrons. The van der Waals surface area contributed by atoms with E-state index in [0.29, 0.717) is 29.3 Å². The smallest absolute Gasteiger partial charge is 0.247 e. The summed E-state index contributed by atoms with van der Waals surface area (Å²) in [5.41, 5.74) is 1.64. The Hall–Kier alpha value is -2.39. The molecule has 1 unspecified atom stereocenters. The van der Waals surface area contributed by atoms with Gasteiger partial charge in [-0.1, -0.05) is 12.1 Å². The van der Waals surface area contributed by atoms with Gasteiger partial charge in [-0.3, -0.25) is 25.3 Å². The third kappa shape index (κ3) is 5.89. The average Bonchev–Trinajstić information content (AvgIpc) is 3.51. The van der Waals surface area contributed by atoms with Gasteiger partial charge in [0, 0.05) is 37.4 Å². The van der Waals surface area contributed by atoms with Gasteiger partial charge in [0.1, 0.15) is 12.3 Å². The molecular weight excluding hydrogens is 428 g/mol. The molecule has 174 valence electrons. The van der Waals surface area contributed by atoms with Crippen LogP contribution in [0.25, 0.3) is 0 Å². The highest BCUT2D eigenvalue weighted by atomic mass is 32.2. The minimum Gasteiger partial charge on any atom is -0.491 e. The number of carbonyl (C=O) groups excluding carboxylic acids is 2. The lowest BCUT2D eigenvalue weighted by Gasteiger charge is -2.22. The van der Waals surface area contributed by atoms with Crippen molar-refractivity contribution in [2.45, 2.75) is 58.2 Å². The highest BCUT2D eigenvalue weighted by Crippen LogP contribution is 2.35. The van der Waals surface area contributed by atoms with E-state index in [1.165, 1.54) is 16.8 Å². The minimum absolute atomic E-state index is 0.0132. The molecule has 1 aliphatic carbocycles. The molecule has 1 aromatic carbocycles. The Bertz CT molecular complexity index is 913. The molecule has 2 amide bonds. The summed E-state index contributed by atoms with van der Waals surface area (Å²) in [5, 5.41) is 26.5. The minimum atomic E-state index is -0.665. The fourth-order valence-corrected chi connectivity index (χ4v) is 4.49. The fraction of sp³-hybridized carbons (Fsp3) is 0.565. The summed E-state index contributed by atoms with van der Waals surface area (Å²) >= 11 is 1.01. The molecule has 2 atom stereocenters. The SMILES string of the molecule is CC(C)Oc1cc([C@@H]2CC(=O)N(CC(=O)N(C)C(=N)SC(=N)C3CC3)C2)ccc1C(C)O. The molecule has 3 N–H and O–H groups in total. The molecule has 1 heterocycles. The molecule has 1 saturated heterocycles. The van der Waals surface area contributed by atoms with Crippen molar-refractivity contribution in [3.05, 3.63) is 29.3 Å². The van der Waals surface area contributed by atoms with Crippen molar-refractivity contribution in [2.24, 2.45) is 5.92 Å². The van der Waals surface area contributed by atoms with Crippen LogP contribution in [-0.4, -0.2) is 63.2 Å². The topological polar surface area (TPSA) is 118 Å². The maximum Gasteiger partial charge on any atom is 0.247 e. The van der Waals surface area contributed by atoms with Gasteiger partial charge in [-0.05, 0) is 57.0 Å². The van der Waals surface area contributed by atoms with Crippen molar-refractivity contribution in [3.63, 3.8) is 0 Å². The first kappa shape index (κ1) is 24.3. The van der Waals surface area contributed by atoms with Gasteiger partial charge in [-0.15, -0.1) is 0 Å². The van der Waals surface area contributed by atoms with Crippen LogP contribution in [-0.2, 0) is 9.59 Å². The summed E-state index contributed by atoms with van der Waals surface area (Å²) in [4.78, 5) is 28.0. The average molecular weight is 461 g/mol. The van der Waals surface area contributed by atoms with Gasteiger partial charge in [0.05, 0.1) is 17.3 Å². The number of likely N-dealkylation sites (tertiary alicyclic amines) is 1. The van der Waals surface area contributed by atoms with Crippen LogP contribution in [0.4, 0.5) is 0 Å². The van der Waals surface area contributed by atoms with Gasteiger partial charge in [0.25, 0.3) is 0 Å². The van der Waals surface area contributed by atoms with E-state index in [1.54, 1.807) is 6.92 Å². The molecule has 0 spiro atoms. The van der Waals surface area contributed by atoms with Crippen LogP contribution in [0.3, 0.4) is 0 Å². The van der Waals surface area contributed by atoms with E-state index in [9.17, 15) is 14.7 Å². The highest BCUT2D eigenvalue weighted by molar-refractivity contribution is 8.26. The number of hydrogen-bond acceptors (Lipinski definition) is 7. The van der Waals surface area contributed by atoms with Crippen LogP contribution < -0.4 is 4.74 Å². The number of amides is 2. The Morgan fingerprint density at radius 3 is 2.59 bits per heavy atom. The van der Waals surface area contributed by atoms with Gasteiger partial charge >= 0.3 is 0 Å². The molecule has 0 aromatic heterocycles. The molecule has 32 heavy (non-hydrogen) atoms. The fourth-order valence-electron chi connectivity index (χ4n) is 3.64. The number of likely N-dealkylation sites (N-methyl/N-ethyl adjacent to an activating group) is 1. The third-order valence-corrected chi connectivity index (χ3v) is 6.72. The normalized spacial score (nSPS) is 19.2. The molecule has 1 saturated carbocycles. The van der Waals surface area contributed by atoms with Crippen molar-refractivity contribution in [3.8, 4) is 5.75 Å². The van der Waals surface area contributed by atoms with Crippen LogP contribution >= 0.6 is 11.8 Å². The van der Waals surface area contributed by atoms with Crippen molar-refractivity contribution < 1.29 is 19.4 Å². The van der Waals surface area contributed by atoms with E-state index in [4.69, 9.17) is 15.6 Å². The maximum atomic E-state index is 12.7. The van der Waals surface area contributed by atoms with Crippen LogP contribution in [0.15, 0.2) is 18.2 Å². The molecule has 1 aliphatic heterocycles. The zero-order valence-electron chi connectivity index (χ0n) is 19.1. The van der Waals surface area contributed by atoms with Gasteiger partial charge in [0.2, 0.25) is 11.8 Å². The van der Waals surface area contributed by atoms with Gasteiger partial charge in [-0.25, -0.2) is 0 Å². The zero-order chi connectivity index (χ0) is 23.6. The first-order valence-corrected chi connectivity index (χ1v) is 11.8. The summed E-state index contributed by atoms with van der Waals surface area (Å²) < 4.78 is 5.87. The van der Waals surface area contributed by atoms with Crippen LogP contribution in [0.2, 0.25) is 0 Å². The second-order valence-electron chi connectivity index (χ2n) is 8.81. The number of ether oxygens (including phenoxy) is 1. The number of rotatable bonds is 7. The molecule has 1 aromatic rings. The van der Waals surface area contributed by atoms with Crippen molar-refractivity contribution >= 4 is 33.8 Å². The van der Waals surface area contributed by atoms with E-state index in [0.717, 1.165) is 30.2 Å². The van der Waals surface area contributed by atoms with Crippen molar-refractivity contribution in [1.82, 2.24) is 9.80 Å². The summed E-state index contributed by atoms with van der Waals surface area (Å²) in [5.74, 6) is 0.323. The summed E-state index contributed by atoms with van der Waals surface area (Å²) in [6, 6.07) is 5.62. The highest BCUT2D eigenvalue weighted by Gasteiger charge is 2.34. The second kappa shape index (κ2) is 10.0. The monoisotopic (exact) mass is 460 g/mol. The number of aliphatic hydroxyl groups is 1. The molecule has 8 nitrogen and oxygen atoms in total. The summed E-state index contributed by atoms with van der Waals surface area (Å²) in [7, 11) is 1.51. The van der Waals surface area contributed by atoms with Gasteiger partial charge in [0.15, 0.2) is 5.17 Å².